The fourth-order valence-electron chi connectivity index (χ4n) is 3.68. The van der Waals surface area contributed by atoms with Crippen LogP contribution in [0, 0.1) is 30.8 Å². The van der Waals surface area contributed by atoms with Gasteiger partial charge in [-0.25, -0.2) is 0 Å². The molecule has 2 saturated carbocycles. The number of Topliss-reactive ketones (excluding diaryl/α,β-unsaturated/α-hetero) is 1. The van der Waals surface area contributed by atoms with Crippen LogP contribution in [-0.4, -0.2) is 20.6 Å². The maximum absolute atomic E-state index is 12.4. The van der Waals surface area contributed by atoms with Gasteiger partial charge in [-0.15, -0.1) is 23.2 Å². The second-order valence-corrected chi connectivity index (χ2v) is 8.55. The van der Waals surface area contributed by atoms with Gasteiger partial charge in [-0.1, -0.05) is 30.1 Å². The number of carbonyl (C=O) groups excluding carboxylic acids is 1. The van der Waals surface area contributed by atoms with E-state index < -0.39 is 8.67 Å². The molecule has 2 heterocycles. The van der Waals surface area contributed by atoms with E-state index in [1.165, 1.54) is 0 Å². The van der Waals surface area contributed by atoms with Gasteiger partial charge in [0, 0.05) is 17.8 Å². The van der Waals surface area contributed by atoms with E-state index in [4.69, 9.17) is 51.1 Å². The molecule has 6 heteroatoms. The molecule has 4 bridgehead atoms. The van der Waals surface area contributed by atoms with Crippen LogP contribution in [0.25, 0.3) is 0 Å². The molecule has 0 amide bonds. The second kappa shape index (κ2) is 4.64. The van der Waals surface area contributed by atoms with Gasteiger partial charge in [0.15, 0.2) is 10.4 Å². The average Bonchev–Trinajstić information content (AvgIpc) is 2.72. The molecule has 2 aliphatic heterocycles. The molecule has 4 aliphatic rings. The van der Waals surface area contributed by atoms with Crippen molar-refractivity contribution in [1.82, 2.24) is 0 Å². The lowest BCUT2D eigenvalue weighted by Crippen LogP contribution is -2.46. The van der Waals surface area contributed by atoms with Crippen molar-refractivity contribution in [2.75, 3.05) is 0 Å². The summed E-state index contributed by atoms with van der Waals surface area (Å²) in [6, 6.07) is 0. The first-order valence-corrected chi connectivity index (χ1v) is 7.93. The third-order valence-electron chi connectivity index (χ3n) is 4.58. The Kier molecular flexibility index (Phi) is 3.60. The predicted molar refractivity (Wildman–Crippen MR) is 76.3 cm³/mol. The van der Waals surface area contributed by atoms with E-state index in [-0.39, 0.29) is 29.6 Å². The van der Waals surface area contributed by atoms with E-state index in [0.29, 0.717) is 18.9 Å². The number of fused-ring (bicyclic) bond motifs is 1. The van der Waals surface area contributed by atoms with Crippen molar-refractivity contribution >= 4 is 52.2 Å². The summed E-state index contributed by atoms with van der Waals surface area (Å²) in [4.78, 5) is 12.4. The molecule has 0 N–H and O–H groups in total. The fourth-order valence-corrected chi connectivity index (χ4v) is 5.08. The number of ketones is 1. The van der Waals surface area contributed by atoms with Gasteiger partial charge in [0.1, 0.15) is 4.33 Å². The van der Waals surface area contributed by atoms with E-state index in [1.807, 2.05) is 0 Å². The Labute approximate surface area is 133 Å². The zero-order valence-corrected chi connectivity index (χ0v) is 13.2. The molecule has 2 saturated heterocycles. The van der Waals surface area contributed by atoms with Gasteiger partial charge >= 0.3 is 0 Å². The highest BCUT2D eigenvalue weighted by Crippen LogP contribution is 2.68. The van der Waals surface area contributed by atoms with E-state index in [1.54, 1.807) is 0 Å². The molecule has 106 valence electrons. The van der Waals surface area contributed by atoms with Gasteiger partial charge in [0.25, 0.3) is 0 Å². The molecule has 4 rings (SSSR count). The van der Waals surface area contributed by atoms with Crippen LogP contribution in [0.1, 0.15) is 25.7 Å². The second-order valence-electron chi connectivity index (χ2n) is 5.62. The number of hydrogen-bond donors (Lipinski definition) is 0. The molecule has 19 heavy (non-hydrogen) atoms. The minimum Gasteiger partial charge on any atom is -0.360 e. The maximum Gasteiger partial charge on any atom is 0.204 e. The van der Waals surface area contributed by atoms with Gasteiger partial charge in [-0.05, 0) is 25.7 Å². The maximum atomic E-state index is 12.4. The number of alkyl halides is 4. The third kappa shape index (κ3) is 2.05. The van der Waals surface area contributed by atoms with Crippen LogP contribution in [0.3, 0.4) is 0 Å². The van der Waals surface area contributed by atoms with Crippen molar-refractivity contribution in [2.24, 2.45) is 17.8 Å². The normalized spacial score (nSPS) is 40.1. The number of hydrogen-bond acceptors (Lipinski definition) is 2. The first kappa shape index (κ1) is 14.7. The molecule has 4 atom stereocenters. The highest BCUT2D eigenvalue weighted by Gasteiger charge is 2.69. The van der Waals surface area contributed by atoms with Crippen molar-refractivity contribution in [3.05, 3.63) is 13.0 Å². The Morgan fingerprint density at radius 1 is 1.37 bits per heavy atom. The van der Waals surface area contributed by atoms with Gasteiger partial charge in [-0.2, -0.15) is 0 Å². The quantitative estimate of drug-likeness (QED) is 0.718. The van der Waals surface area contributed by atoms with E-state index in [2.05, 4.69) is 6.92 Å². The van der Waals surface area contributed by atoms with Crippen molar-refractivity contribution in [1.29, 1.82) is 0 Å². The molecule has 0 spiro atoms. The minimum atomic E-state index is -1.46. The molecular formula is C13H14Cl4O2. The summed E-state index contributed by atoms with van der Waals surface area (Å²) in [6.07, 6.45) is 2.69. The Hall–Kier alpha value is 0.790. The Balaban J connectivity index is 1.81. The standard InChI is InChI=1S/C13H14Cl4O2/c1-2-3-12(14,15)11(18)10-6-4-8-9(19-10)5-7(6)13(8,16)17/h6-9H,1-5H2. The molecule has 2 aliphatic carbocycles. The Morgan fingerprint density at radius 2 is 2.05 bits per heavy atom. The first-order chi connectivity index (χ1) is 8.79. The lowest BCUT2D eigenvalue weighted by atomic mass is 9.78. The van der Waals surface area contributed by atoms with E-state index in [0.717, 1.165) is 12.8 Å². The Morgan fingerprint density at radius 3 is 2.53 bits per heavy atom. The zero-order chi connectivity index (χ0) is 14.0. The minimum absolute atomic E-state index is 0.0424. The summed E-state index contributed by atoms with van der Waals surface area (Å²) in [7, 11) is 0. The third-order valence-corrected chi connectivity index (χ3v) is 6.42. The highest BCUT2D eigenvalue weighted by atomic mass is 35.5. The summed E-state index contributed by atoms with van der Waals surface area (Å²) < 4.78 is 3.53. The summed E-state index contributed by atoms with van der Waals surface area (Å²) in [5.41, 5.74) is 0. The smallest absolute Gasteiger partial charge is 0.204 e. The molecule has 4 unspecified atom stereocenters. The average molecular weight is 344 g/mol. The molecule has 0 aromatic carbocycles. The molecule has 0 aromatic rings. The van der Waals surface area contributed by atoms with Crippen LogP contribution in [-0.2, 0) is 9.53 Å². The van der Waals surface area contributed by atoms with Crippen molar-refractivity contribution in [3.8, 4) is 0 Å². The first-order valence-electron chi connectivity index (χ1n) is 6.42. The van der Waals surface area contributed by atoms with E-state index in [9.17, 15) is 4.79 Å². The molecule has 2 radical (unpaired) electrons. The highest BCUT2D eigenvalue weighted by molar-refractivity contribution is 6.59. The number of rotatable bonds is 4. The number of carbonyl (C=O) groups is 1. The zero-order valence-electron chi connectivity index (χ0n) is 10.2. The summed E-state index contributed by atoms with van der Waals surface area (Å²) in [5, 5.41) is 0. The summed E-state index contributed by atoms with van der Waals surface area (Å²) in [5.74, 6) is -0.208. The summed E-state index contributed by atoms with van der Waals surface area (Å²) in [6.45, 7) is 3.68. The molecule has 2 nitrogen and oxygen atoms in total. The van der Waals surface area contributed by atoms with Crippen LogP contribution in [0.15, 0.2) is 0 Å². The molecular weight excluding hydrogens is 330 g/mol. The molecule has 4 fully saturated rings. The molecule has 0 aromatic heterocycles. The summed E-state index contributed by atoms with van der Waals surface area (Å²) >= 11 is 25.0. The van der Waals surface area contributed by atoms with Gasteiger partial charge in [0.05, 0.1) is 6.10 Å². The van der Waals surface area contributed by atoms with Crippen LogP contribution >= 0.6 is 46.4 Å². The largest absolute Gasteiger partial charge is 0.360 e. The topological polar surface area (TPSA) is 26.3 Å². The number of halogens is 4. The van der Waals surface area contributed by atoms with Gasteiger partial charge in [0.2, 0.25) is 5.78 Å². The van der Waals surface area contributed by atoms with Crippen LogP contribution in [0.5, 0.6) is 0 Å². The number of ether oxygens (including phenoxy) is 1. The van der Waals surface area contributed by atoms with Crippen LogP contribution in [0.2, 0.25) is 0 Å². The lowest BCUT2D eigenvalue weighted by molar-refractivity contribution is -0.137. The Bertz CT molecular complexity index is 409. The van der Waals surface area contributed by atoms with Gasteiger partial charge in [-0.3, -0.25) is 4.79 Å². The van der Waals surface area contributed by atoms with Crippen LogP contribution in [0.4, 0.5) is 0 Å². The van der Waals surface area contributed by atoms with Crippen molar-refractivity contribution in [2.45, 2.75) is 40.5 Å². The predicted octanol–water partition coefficient (Wildman–Crippen LogP) is 4.10. The van der Waals surface area contributed by atoms with Crippen molar-refractivity contribution < 1.29 is 9.53 Å². The lowest BCUT2D eigenvalue weighted by Gasteiger charge is -2.41. The van der Waals surface area contributed by atoms with Crippen molar-refractivity contribution in [3.63, 3.8) is 0 Å². The van der Waals surface area contributed by atoms with E-state index >= 15 is 0 Å². The van der Waals surface area contributed by atoms with Gasteiger partial charge < -0.3 is 4.74 Å². The monoisotopic (exact) mass is 342 g/mol. The fraction of sp³-hybridized carbons (Fsp3) is 0.769. The van der Waals surface area contributed by atoms with Crippen LogP contribution < -0.4 is 0 Å². The SMILES string of the molecule is [CH2]CCC(Cl)(Cl)C(=O)[C]1OC2CC3C1CC2C3(Cl)Cl.